The molecular weight excluding hydrogens is 316 g/mol. The van der Waals surface area contributed by atoms with Crippen LogP contribution >= 0.6 is 0 Å². The van der Waals surface area contributed by atoms with Crippen LogP contribution in [-0.4, -0.2) is 34.7 Å². The van der Waals surface area contributed by atoms with Crippen molar-refractivity contribution in [2.75, 3.05) is 7.11 Å². The molecule has 0 heterocycles. The molecule has 0 unspecified atom stereocenters. The Morgan fingerprint density at radius 1 is 1.04 bits per heavy atom. The predicted octanol–water partition coefficient (Wildman–Crippen LogP) is 2.81. The van der Waals surface area contributed by atoms with Crippen molar-refractivity contribution in [3.63, 3.8) is 0 Å². The number of rotatable bonds is 4. The molecule has 0 bridgehead atoms. The van der Waals surface area contributed by atoms with Crippen LogP contribution in [0.3, 0.4) is 0 Å². The fourth-order valence-electron chi connectivity index (χ4n) is 2.31. The molecule has 0 aromatic heterocycles. The summed E-state index contributed by atoms with van der Waals surface area (Å²) in [7, 11) is 1.15. The van der Waals surface area contributed by atoms with E-state index in [0.717, 1.165) is 13.2 Å². The van der Waals surface area contributed by atoms with Gasteiger partial charge in [0, 0.05) is 11.6 Å². The molecule has 0 spiro atoms. The molecule has 0 radical (unpaired) electrons. The number of phenolic OH excluding ortho intramolecular Hbond substituents is 3. The maximum absolute atomic E-state index is 11.8. The van der Waals surface area contributed by atoms with Crippen LogP contribution in [0.15, 0.2) is 18.2 Å². The van der Waals surface area contributed by atoms with Crippen LogP contribution in [0.25, 0.3) is 0 Å². The highest BCUT2D eigenvalue weighted by Crippen LogP contribution is 2.42. The smallest absolute Gasteiger partial charge is 0.342 e. The fraction of sp³-hybridized carbons (Fsp3) is 0.176. The van der Waals surface area contributed by atoms with Crippen LogP contribution in [-0.2, 0) is 4.74 Å². The summed E-state index contributed by atoms with van der Waals surface area (Å²) in [5.74, 6) is -2.12. The quantitative estimate of drug-likeness (QED) is 0.583. The zero-order valence-corrected chi connectivity index (χ0v) is 13.3. The number of phenols is 3. The number of methoxy groups -OCH3 is 1. The van der Waals surface area contributed by atoms with Crippen molar-refractivity contribution in [2.24, 2.45) is 0 Å². The minimum Gasteiger partial charge on any atom is -0.507 e. The summed E-state index contributed by atoms with van der Waals surface area (Å²) in [4.78, 5) is 23.0. The van der Waals surface area contributed by atoms with Gasteiger partial charge in [-0.3, -0.25) is 4.79 Å². The zero-order chi connectivity index (χ0) is 18.0. The van der Waals surface area contributed by atoms with Gasteiger partial charge in [-0.2, -0.15) is 0 Å². The second-order valence-corrected chi connectivity index (χ2v) is 5.15. The average Bonchev–Trinajstić information content (AvgIpc) is 2.50. The Morgan fingerprint density at radius 3 is 2.29 bits per heavy atom. The Labute approximate surface area is 137 Å². The largest absolute Gasteiger partial charge is 0.507 e. The number of hydrogen-bond acceptors (Lipinski definition) is 7. The summed E-state index contributed by atoms with van der Waals surface area (Å²) in [6.07, 6.45) is 0.415. The first kappa shape index (κ1) is 17.1. The van der Waals surface area contributed by atoms with Gasteiger partial charge in [-0.1, -0.05) is 0 Å². The highest BCUT2D eigenvalue weighted by Gasteiger charge is 2.23. The molecule has 7 nitrogen and oxygen atoms in total. The van der Waals surface area contributed by atoms with Crippen molar-refractivity contribution < 1.29 is 34.4 Å². The zero-order valence-electron chi connectivity index (χ0n) is 13.3. The van der Waals surface area contributed by atoms with Crippen molar-refractivity contribution in [1.29, 1.82) is 0 Å². The molecule has 2 aromatic rings. The van der Waals surface area contributed by atoms with E-state index in [-0.39, 0.29) is 33.9 Å². The van der Waals surface area contributed by atoms with Crippen LogP contribution < -0.4 is 4.74 Å². The summed E-state index contributed by atoms with van der Waals surface area (Å²) in [6.45, 7) is 3.13. The molecule has 2 aromatic carbocycles. The first-order valence-electron chi connectivity index (χ1n) is 6.90. The molecule has 0 aliphatic heterocycles. The van der Waals surface area contributed by atoms with Crippen molar-refractivity contribution in [1.82, 2.24) is 0 Å². The Morgan fingerprint density at radius 2 is 1.71 bits per heavy atom. The summed E-state index contributed by atoms with van der Waals surface area (Å²) < 4.78 is 10.1. The van der Waals surface area contributed by atoms with Gasteiger partial charge in [-0.25, -0.2) is 4.79 Å². The van der Waals surface area contributed by atoms with Gasteiger partial charge < -0.3 is 24.8 Å². The molecule has 0 saturated carbocycles. The molecule has 0 saturated heterocycles. The standard InChI is InChI=1S/C17H16O7/c1-8-4-11(19)10(7-18)14(5-8)24-16-9(2)15(17(22)23-3)12(20)6-13(16)21/h4-7,19-21H,1-3H3. The highest BCUT2D eigenvalue weighted by atomic mass is 16.5. The van der Waals surface area contributed by atoms with Gasteiger partial charge in [0.2, 0.25) is 0 Å². The number of aryl methyl sites for hydroxylation is 1. The average molecular weight is 332 g/mol. The van der Waals surface area contributed by atoms with Gasteiger partial charge in [0.05, 0.1) is 12.7 Å². The molecule has 2 rings (SSSR count). The van der Waals surface area contributed by atoms with E-state index in [9.17, 15) is 24.9 Å². The molecule has 24 heavy (non-hydrogen) atoms. The van der Waals surface area contributed by atoms with E-state index >= 15 is 0 Å². The summed E-state index contributed by atoms with van der Waals surface area (Å²) >= 11 is 0. The Kier molecular flexibility index (Phi) is 4.64. The normalized spacial score (nSPS) is 10.3. The Balaban J connectivity index is 2.63. The Hall–Kier alpha value is -3.22. The van der Waals surface area contributed by atoms with Crippen LogP contribution in [0.4, 0.5) is 0 Å². The summed E-state index contributed by atoms with van der Waals surface area (Å²) in [5, 5.41) is 29.7. The van der Waals surface area contributed by atoms with E-state index in [2.05, 4.69) is 4.74 Å². The highest BCUT2D eigenvalue weighted by molar-refractivity contribution is 5.95. The van der Waals surface area contributed by atoms with E-state index in [1.165, 1.54) is 19.1 Å². The monoisotopic (exact) mass is 332 g/mol. The lowest BCUT2D eigenvalue weighted by molar-refractivity contribution is 0.0596. The van der Waals surface area contributed by atoms with Gasteiger partial charge in [-0.05, 0) is 31.5 Å². The molecule has 0 fully saturated rings. The van der Waals surface area contributed by atoms with E-state index in [4.69, 9.17) is 4.74 Å². The number of benzene rings is 2. The predicted molar refractivity (Wildman–Crippen MR) is 84.2 cm³/mol. The maximum atomic E-state index is 11.8. The number of aromatic hydroxyl groups is 3. The maximum Gasteiger partial charge on any atom is 0.342 e. The number of aldehydes is 1. The van der Waals surface area contributed by atoms with Gasteiger partial charge in [-0.15, -0.1) is 0 Å². The van der Waals surface area contributed by atoms with Gasteiger partial charge in [0.1, 0.15) is 22.8 Å². The van der Waals surface area contributed by atoms with Gasteiger partial charge in [0.15, 0.2) is 17.8 Å². The first-order valence-corrected chi connectivity index (χ1v) is 6.90. The lowest BCUT2D eigenvalue weighted by atomic mass is 10.1. The molecule has 0 aliphatic carbocycles. The number of carbonyl (C=O) groups is 2. The second kappa shape index (κ2) is 6.49. The molecule has 0 atom stereocenters. The van der Waals surface area contributed by atoms with E-state index < -0.39 is 17.5 Å². The molecule has 0 aliphatic rings. The number of ether oxygens (including phenoxy) is 2. The number of carbonyl (C=O) groups excluding carboxylic acids is 2. The third kappa shape index (κ3) is 2.96. The lowest BCUT2D eigenvalue weighted by Crippen LogP contribution is -2.06. The topological polar surface area (TPSA) is 113 Å². The molecular formula is C17H16O7. The number of hydrogen-bond donors (Lipinski definition) is 3. The summed E-state index contributed by atoms with van der Waals surface area (Å²) in [6, 6.07) is 3.82. The van der Waals surface area contributed by atoms with Crippen molar-refractivity contribution in [3.8, 4) is 28.7 Å². The third-order valence-corrected chi connectivity index (χ3v) is 3.46. The van der Waals surface area contributed by atoms with Crippen LogP contribution in [0.2, 0.25) is 0 Å². The van der Waals surface area contributed by atoms with E-state index in [1.54, 1.807) is 6.92 Å². The van der Waals surface area contributed by atoms with Gasteiger partial charge in [0.25, 0.3) is 0 Å². The van der Waals surface area contributed by atoms with E-state index in [0.29, 0.717) is 11.8 Å². The molecule has 7 heteroatoms. The fourth-order valence-corrected chi connectivity index (χ4v) is 2.31. The Bertz CT molecular complexity index is 824. The number of esters is 1. The SMILES string of the molecule is COC(=O)c1c(O)cc(O)c(Oc2cc(C)cc(O)c2C=O)c1C. The second-order valence-electron chi connectivity index (χ2n) is 5.15. The molecule has 0 amide bonds. The van der Waals surface area contributed by atoms with Crippen molar-refractivity contribution in [2.45, 2.75) is 13.8 Å². The van der Waals surface area contributed by atoms with Crippen LogP contribution in [0.5, 0.6) is 28.7 Å². The van der Waals surface area contributed by atoms with Gasteiger partial charge >= 0.3 is 5.97 Å². The van der Waals surface area contributed by atoms with Crippen molar-refractivity contribution in [3.05, 3.63) is 40.5 Å². The van der Waals surface area contributed by atoms with E-state index in [1.807, 2.05) is 0 Å². The lowest BCUT2D eigenvalue weighted by Gasteiger charge is -2.16. The minimum absolute atomic E-state index is 0.00223. The minimum atomic E-state index is -0.808. The first-order chi connectivity index (χ1) is 11.3. The van der Waals surface area contributed by atoms with Crippen LogP contribution in [0, 0.1) is 13.8 Å². The van der Waals surface area contributed by atoms with Crippen LogP contribution in [0.1, 0.15) is 31.8 Å². The molecule has 126 valence electrons. The summed E-state index contributed by atoms with van der Waals surface area (Å²) in [5.41, 5.74) is 0.469. The molecule has 3 N–H and O–H groups in total. The third-order valence-electron chi connectivity index (χ3n) is 3.46. The van der Waals surface area contributed by atoms with Crippen molar-refractivity contribution >= 4 is 12.3 Å².